The molecule has 0 radical (unpaired) electrons. The van der Waals surface area contributed by atoms with E-state index in [9.17, 15) is 9.59 Å². The molecule has 0 aliphatic heterocycles. The van der Waals surface area contributed by atoms with Crippen molar-refractivity contribution in [3.8, 4) is 0 Å². The van der Waals surface area contributed by atoms with E-state index < -0.39 is 5.60 Å². The van der Waals surface area contributed by atoms with Gasteiger partial charge in [0.25, 0.3) is 0 Å². The van der Waals surface area contributed by atoms with Crippen molar-refractivity contribution in [2.75, 3.05) is 0 Å². The minimum Gasteiger partial charge on any atom is -0.458 e. The minimum atomic E-state index is -0.610. The third-order valence-electron chi connectivity index (χ3n) is 4.90. The molecular weight excluding hydrogens is 244 g/mol. The number of hydrogen-bond donors (Lipinski definition) is 0. The van der Waals surface area contributed by atoms with Crippen molar-refractivity contribution in [3.05, 3.63) is 0 Å². The van der Waals surface area contributed by atoms with E-state index in [0.29, 0.717) is 0 Å². The third kappa shape index (κ3) is 2.49. The molecule has 3 atom stereocenters. The van der Waals surface area contributed by atoms with Crippen LogP contribution in [0.15, 0.2) is 0 Å². The highest BCUT2D eigenvalue weighted by Crippen LogP contribution is 2.55. The Morgan fingerprint density at radius 2 is 1.63 bits per heavy atom. The van der Waals surface area contributed by atoms with Crippen LogP contribution in [-0.4, -0.2) is 23.6 Å². The molecule has 2 aliphatic rings. The van der Waals surface area contributed by atoms with E-state index in [-0.39, 0.29) is 23.5 Å². The monoisotopic (exact) mass is 268 g/mol. The van der Waals surface area contributed by atoms with Gasteiger partial charge in [0.1, 0.15) is 6.10 Å². The van der Waals surface area contributed by atoms with Gasteiger partial charge in [-0.05, 0) is 38.5 Å². The minimum absolute atomic E-state index is 0.0602. The fraction of sp³-hybridized carbons (Fsp3) is 0.867. The molecule has 19 heavy (non-hydrogen) atoms. The van der Waals surface area contributed by atoms with Crippen molar-refractivity contribution in [2.24, 2.45) is 5.41 Å². The van der Waals surface area contributed by atoms with Crippen LogP contribution in [0.1, 0.15) is 65.7 Å². The molecule has 2 fully saturated rings. The Labute approximate surface area is 114 Å². The van der Waals surface area contributed by atoms with Gasteiger partial charge in [0.05, 0.1) is 0 Å². The van der Waals surface area contributed by atoms with Crippen molar-refractivity contribution < 1.29 is 19.1 Å². The van der Waals surface area contributed by atoms with Gasteiger partial charge in [-0.3, -0.25) is 9.59 Å². The summed E-state index contributed by atoms with van der Waals surface area (Å²) in [6.45, 7) is 5.06. The molecule has 2 rings (SSSR count). The third-order valence-corrected chi connectivity index (χ3v) is 4.90. The van der Waals surface area contributed by atoms with E-state index in [1.807, 2.05) is 0 Å². The predicted molar refractivity (Wildman–Crippen MR) is 70.5 cm³/mol. The maximum atomic E-state index is 11.6. The first kappa shape index (κ1) is 14.4. The number of fused-ring (bicyclic) bond motifs is 1. The fourth-order valence-corrected chi connectivity index (χ4v) is 4.06. The molecule has 4 nitrogen and oxygen atoms in total. The number of esters is 2. The summed E-state index contributed by atoms with van der Waals surface area (Å²) in [5.74, 6) is -0.557. The smallest absolute Gasteiger partial charge is 0.303 e. The Hall–Kier alpha value is -1.06. The molecule has 0 N–H and O–H groups in total. The van der Waals surface area contributed by atoms with E-state index in [1.54, 1.807) is 0 Å². The van der Waals surface area contributed by atoms with Crippen LogP contribution >= 0.6 is 0 Å². The topological polar surface area (TPSA) is 52.6 Å². The Morgan fingerprint density at radius 3 is 2.26 bits per heavy atom. The average molecular weight is 268 g/mol. The van der Waals surface area contributed by atoms with Crippen LogP contribution in [0.5, 0.6) is 0 Å². The van der Waals surface area contributed by atoms with E-state index in [1.165, 1.54) is 13.8 Å². The van der Waals surface area contributed by atoms with Crippen LogP contribution < -0.4 is 0 Å². The zero-order chi connectivity index (χ0) is 14.1. The maximum absolute atomic E-state index is 11.6. The lowest BCUT2D eigenvalue weighted by molar-refractivity contribution is -0.232. The Bertz CT molecular complexity index is 374. The highest BCUT2D eigenvalue weighted by Gasteiger charge is 2.60. The number of rotatable bonds is 2. The van der Waals surface area contributed by atoms with Crippen LogP contribution in [0, 0.1) is 5.41 Å². The molecule has 0 aromatic heterocycles. The summed E-state index contributed by atoms with van der Waals surface area (Å²) in [6, 6.07) is 0. The fourth-order valence-electron chi connectivity index (χ4n) is 4.06. The first-order chi connectivity index (χ1) is 8.90. The molecule has 108 valence electrons. The summed E-state index contributed by atoms with van der Waals surface area (Å²) >= 11 is 0. The number of carbonyl (C=O) groups excluding carboxylic acids is 2. The van der Waals surface area contributed by atoms with E-state index in [0.717, 1.165) is 44.9 Å². The molecule has 0 spiro atoms. The van der Waals surface area contributed by atoms with Gasteiger partial charge in [0.15, 0.2) is 5.60 Å². The molecule has 0 aromatic rings. The summed E-state index contributed by atoms with van der Waals surface area (Å²) in [5.41, 5.74) is -0.670. The van der Waals surface area contributed by atoms with Gasteiger partial charge >= 0.3 is 11.9 Å². The van der Waals surface area contributed by atoms with Crippen molar-refractivity contribution in [3.63, 3.8) is 0 Å². The lowest BCUT2D eigenvalue weighted by atomic mass is 9.56. The second kappa shape index (κ2) is 5.14. The molecule has 0 heterocycles. The molecular formula is C15H24O4. The zero-order valence-electron chi connectivity index (χ0n) is 12.2. The largest absolute Gasteiger partial charge is 0.458 e. The normalized spacial score (nSPS) is 38.2. The van der Waals surface area contributed by atoms with Crippen LogP contribution in [0.2, 0.25) is 0 Å². The van der Waals surface area contributed by atoms with Gasteiger partial charge in [0.2, 0.25) is 0 Å². The van der Waals surface area contributed by atoms with Crippen molar-refractivity contribution in [1.29, 1.82) is 0 Å². The van der Waals surface area contributed by atoms with E-state index >= 15 is 0 Å². The Morgan fingerprint density at radius 1 is 1.00 bits per heavy atom. The molecule has 0 unspecified atom stereocenters. The Kier molecular flexibility index (Phi) is 3.88. The van der Waals surface area contributed by atoms with E-state index in [2.05, 4.69) is 6.92 Å². The average Bonchev–Trinajstić information content (AvgIpc) is 2.29. The quantitative estimate of drug-likeness (QED) is 0.722. The first-order valence-corrected chi connectivity index (χ1v) is 7.26. The van der Waals surface area contributed by atoms with Gasteiger partial charge in [-0.25, -0.2) is 0 Å². The molecule has 0 amide bonds. The number of hydrogen-bond acceptors (Lipinski definition) is 4. The van der Waals surface area contributed by atoms with Crippen LogP contribution in [0.4, 0.5) is 0 Å². The van der Waals surface area contributed by atoms with Crippen LogP contribution in [-0.2, 0) is 19.1 Å². The molecule has 2 saturated carbocycles. The van der Waals surface area contributed by atoms with Gasteiger partial charge in [-0.1, -0.05) is 13.3 Å². The highest BCUT2D eigenvalue weighted by molar-refractivity contribution is 5.68. The molecule has 2 aliphatic carbocycles. The predicted octanol–water partition coefficient (Wildman–Crippen LogP) is 2.98. The summed E-state index contributed by atoms with van der Waals surface area (Å²) in [5, 5.41) is 0. The zero-order valence-corrected chi connectivity index (χ0v) is 12.2. The number of ether oxygens (including phenoxy) is 2. The lowest BCUT2D eigenvalue weighted by Crippen LogP contribution is -2.62. The highest BCUT2D eigenvalue weighted by atomic mass is 16.6. The molecule has 0 bridgehead atoms. The van der Waals surface area contributed by atoms with Gasteiger partial charge in [-0.2, -0.15) is 0 Å². The van der Waals surface area contributed by atoms with Crippen molar-refractivity contribution in [1.82, 2.24) is 0 Å². The molecule has 0 saturated heterocycles. The standard InChI is InChI=1S/C15H24O4/c1-11(16)18-13-7-6-9-14(3)8-4-5-10-15(13,14)19-12(2)17/h13H,4-10H2,1-3H3/t13-,14-,15+/m1/s1. The van der Waals surface area contributed by atoms with E-state index in [4.69, 9.17) is 9.47 Å². The van der Waals surface area contributed by atoms with Gasteiger partial charge in [-0.15, -0.1) is 0 Å². The maximum Gasteiger partial charge on any atom is 0.303 e. The Balaban J connectivity index is 2.36. The lowest BCUT2D eigenvalue weighted by Gasteiger charge is -2.56. The molecule has 0 aromatic carbocycles. The second-order valence-electron chi connectivity index (χ2n) is 6.24. The summed E-state index contributed by atoms with van der Waals surface area (Å²) in [6.07, 6.45) is 6.61. The SMILES string of the molecule is CC(=O)O[C@@H]1CCC[C@@]2(C)CCCC[C@]12OC(C)=O. The van der Waals surface area contributed by atoms with Crippen molar-refractivity contribution >= 4 is 11.9 Å². The first-order valence-electron chi connectivity index (χ1n) is 7.26. The van der Waals surface area contributed by atoms with Crippen molar-refractivity contribution in [2.45, 2.75) is 77.4 Å². The van der Waals surface area contributed by atoms with Crippen LogP contribution in [0.25, 0.3) is 0 Å². The summed E-state index contributed by atoms with van der Waals surface area (Å²) < 4.78 is 11.3. The van der Waals surface area contributed by atoms with Crippen LogP contribution in [0.3, 0.4) is 0 Å². The van der Waals surface area contributed by atoms with Gasteiger partial charge < -0.3 is 9.47 Å². The second-order valence-corrected chi connectivity index (χ2v) is 6.24. The molecule has 4 heteroatoms. The van der Waals surface area contributed by atoms with Gasteiger partial charge in [0, 0.05) is 19.3 Å². The number of carbonyl (C=O) groups is 2. The summed E-state index contributed by atoms with van der Waals surface area (Å²) in [7, 11) is 0. The summed E-state index contributed by atoms with van der Waals surface area (Å²) in [4.78, 5) is 22.9.